The molecule has 1 fully saturated rings. The van der Waals surface area contributed by atoms with E-state index >= 15 is 0 Å². The summed E-state index contributed by atoms with van der Waals surface area (Å²) in [6.07, 6.45) is 3.56. The Morgan fingerprint density at radius 3 is 3.10 bits per heavy atom. The maximum atomic E-state index is 12.4. The van der Waals surface area contributed by atoms with E-state index in [2.05, 4.69) is 15.4 Å². The second-order valence-electron chi connectivity index (χ2n) is 5.12. The van der Waals surface area contributed by atoms with Crippen LogP contribution in [0.1, 0.15) is 30.3 Å². The highest BCUT2D eigenvalue weighted by Gasteiger charge is 2.32. The van der Waals surface area contributed by atoms with E-state index in [0.29, 0.717) is 5.75 Å². The number of hydrogen-bond donors (Lipinski definition) is 0. The zero-order valence-corrected chi connectivity index (χ0v) is 12.8. The van der Waals surface area contributed by atoms with Gasteiger partial charge >= 0.3 is 0 Å². The molecule has 0 bridgehead atoms. The molecular formula is C13H17N5O2S. The molecule has 8 heteroatoms. The summed E-state index contributed by atoms with van der Waals surface area (Å²) in [6, 6.07) is 1.95. The molecule has 0 radical (unpaired) electrons. The summed E-state index contributed by atoms with van der Waals surface area (Å²) in [5, 5.41) is 12.6. The van der Waals surface area contributed by atoms with Gasteiger partial charge in [-0.25, -0.2) is 0 Å². The van der Waals surface area contributed by atoms with Gasteiger partial charge in [0.2, 0.25) is 5.91 Å². The van der Waals surface area contributed by atoms with Crippen molar-refractivity contribution in [2.75, 3.05) is 12.3 Å². The highest BCUT2D eigenvalue weighted by atomic mass is 32.2. The third kappa shape index (κ3) is 2.94. The number of rotatable bonds is 4. The smallest absolute Gasteiger partial charge is 0.233 e. The van der Waals surface area contributed by atoms with Gasteiger partial charge in [0.15, 0.2) is 5.16 Å². The van der Waals surface area contributed by atoms with E-state index in [1.165, 1.54) is 11.8 Å². The fourth-order valence-electron chi connectivity index (χ4n) is 2.53. The normalized spacial score (nSPS) is 18.4. The van der Waals surface area contributed by atoms with Gasteiger partial charge < -0.3 is 14.0 Å². The number of amides is 1. The standard InChI is InChI=1S/C13H17N5O2S/c1-9-6-10(16-20-9)11-4-3-5-18(11)12(19)7-21-13-15-14-8-17(13)2/h6,8,11H,3-5,7H2,1-2H3. The van der Waals surface area contributed by atoms with Crippen LogP contribution in [0.2, 0.25) is 0 Å². The van der Waals surface area contributed by atoms with E-state index < -0.39 is 0 Å². The van der Waals surface area contributed by atoms with Crippen LogP contribution in [0.25, 0.3) is 0 Å². The van der Waals surface area contributed by atoms with Crippen molar-refractivity contribution in [2.45, 2.75) is 31.0 Å². The lowest BCUT2D eigenvalue weighted by Crippen LogP contribution is -2.32. The average molecular weight is 307 g/mol. The summed E-state index contributed by atoms with van der Waals surface area (Å²) in [4.78, 5) is 14.3. The van der Waals surface area contributed by atoms with E-state index in [1.807, 2.05) is 24.9 Å². The van der Waals surface area contributed by atoms with Crippen molar-refractivity contribution in [3.63, 3.8) is 0 Å². The molecule has 1 saturated heterocycles. The quantitative estimate of drug-likeness (QED) is 0.798. The molecule has 7 nitrogen and oxygen atoms in total. The molecule has 1 aliphatic heterocycles. The van der Waals surface area contributed by atoms with Gasteiger partial charge in [0.25, 0.3) is 0 Å². The number of aromatic nitrogens is 4. The topological polar surface area (TPSA) is 77.1 Å². The maximum absolute atomic E-state index is 12.4. The number of aryl methyl sites for hydroxylation is 2. The Morgan fingerprint density at radius 2 is 2.43 bits per heavy atom. The molecule has 1 amide bonds. The first-order valence-corrected chi connectivity index (χ1v) is 7.83. The maximum Gasteiger partial charge on any atom is 0.233 e. The van der Waals surface area contributed by atoms with Gasteiger partial charge in [-0.15, -0.1) is 10.2 Å². The first-order valence-electron chi connectivity index (χ1n) is 6.84. The molecule has 0 saturated carbocycles. The summed E-state index contributed by atoms with van der Waals surface area (Å²) in [6.45, 7) is 2.64. The van der Waals surface area contributed by atoms with Crippen LogP contribution >= 0.6 is 11.8 Å². The van der Waals surface area contributed by atoms with Crippen molar-refractivity contribution in [1.82, 2.24) is 24.8 Å². The molecule has 1 unspecified atom stereocenters. The first-order chi connectivity index (χ1) is 10.1. The van der Waals surface area contributed by atoms with E-state index in [4.69, 9.17) is 4.52 Å². The summed E-state index contributed by atoms with van der Waals surface area (Å²) in [5.41, 5.74) is 0.849. The van der Waals surface area contributed by atoms with E-state index in [1.54, 1.807) is 10.9 Å². The van der Waals surface area contributed by atoms with Crippen LogP contribution in [0.3, 0.4) is 0 Å². The van der Waals surface area contributed by atoms with Gasteiger partial charge in [-0.3, -0.25) is 4.79 Å². The number of carbonyl (C=O) groups excluding carboxylic acids is 1. The third-order valence-corrected chi connectivity index (χ3v) is 4.57. The lowest BCUT2D eigenvalue weighted by atomic mass is 10.1. The van der Waals surface area contributed by atoms with Crippen LogP contribution < -0.4 is 0 Å². The fourth-order valence-corrected chi connectivity index (χ4v) is 3.30. The van der Waals surface area contributed by atoms with Crippen LogP contribution in [0.15, 0.2) is 22.1 Å². The monoisotopic (exact) mass is 307 g/mol. The largest absolute Gasteiger partial charge is 0.361 e. The van der Waals surface area contributed by atoms with Crippen molar-refractivity contribution < 1.29 is 9.32 Å². The van der Waals surface area contributed by atoms with Crippen LogP contribution in [0.4, 0.5) is 0 Å². The van der Waals surface area contributed by atoms with Crippen LogP contribution in [-0.2, 0) is 11.8 Å². The van der Waals surface area contributed by atoms with Crippen molar-refractivity contribution in [2.24, 2.45) is 7.05 Å². The van der Waals surface area contributed by atoms with Gasteiger partial charge in [-0.1, -0.05) is 16.9 Å². The van der Waals surface area contributed by atoms with Crippen molar-refractivity contribution in [3.05, 3.63) is 23.8 Å². The second kappa shape index (κ2) is 5.88. The SMILES string of the molecule is Cc1cc(C2CCCN2C(=O)CSc2nncn2C)no1. The first kappa shape index (κ1) is 14.1. The van der Waals surface area contributed by atoms with Gasteiger partial charge in [0.1, 0.15) is 17.8 Å². The van der Waals surface area contributed by atoms with E-state index in [9.17, 15) is 4.79 Å². The molecule has 0 N–H and O–H groups in total. The molecule has 1 atom stereocenters. The zero-order valence-electron chi connectivity index (χ0n) is 12.0. The minimum atomic E-state index is 0.0371. The molecule has 2 aromatic heterocycles. The molecule has 3 rings (SSSR count). The molecule has 0 spiro atoms. The Labute approximate surface area is 126 Å². The highest BCUT2D eigenvalue weighted by molar-refractivity contribution is 7.99. The predicted molar refractivity (Wildman–Crippen MR) is 76.7 cm³/mol. The summed E-state index contributed by atoms with van der Waals surface area (Å²) in [7, 11) is 1.86. The summed E-state index contributed by atoms with van der Waals surface area (Å²) in [5.74, 6) is 1.24. The number of nitrogens with zero attached hydrogens (tertiary/aromatic N) is 5. The Morgan fingerprint density at radius 1 is 1.57 bits per heavy atom. The van der Waals surface area contributed by atoms with Gasteiger partial charge in [0, 0.05) is 19.7 Å². The van der Waals surface area contributed by atoms with E-state index in [-0.39, 0.29) is 11.9 Å². The molecule has 0 aliphatic carbocycles. The Bertz CT molecular complexity index is 638. The molecule has 2 aromatic rings. The van der Waals surface area contributed by atoms with Crippen molar-refractivity contribution >= 4 is 17.7 Å². The minimum Gasteiger partial charge on any atom is -0.361 e. The van der Waals surface area contributed by atoms with E-state index in [0.717, 1.165) is 36.0 Å². The summed E-state index contributed by atoms with van der Waals surface area (Å²) >= 11 is 1.41. The molecule has 112 valence electrons. The molecule has 3 heterocycles. The molecular weight excluding hydrogens is 290 g/mol. The van der Waals surface area contributed by atoms with Gasteiger partial charge in [-0.05, 0) is 19.8 Å². The highest BCUT2D eigenvalue weighted by Crippen LogP contribution is 2.32. The molecule has 0 aromatic carbocycles. The molecule has 1 aliphatic rings. The van der Waals surface area contributed by atoms with Crippen LogP contribution in [-0.4, -0.2) is 43.0 Å². The van der Waals surface area contributed by atoms with Gasteiger partial charge in [0.05, 0.1) is 11.8 Å². The number of thioether (sulfide) groups is 1. The Hall–Kier alpha value is -1.83. The zero-order chi connectivity index (χ0) is 14.8. The van der Waals surface area contributed by atoms with Crippen molar-refractivity contribution in [1.29, 1.82) is 0 Å². The number of likely N-dealkylation sites (tertiary alicyclic amines) is 1. The molecule has 21 heavy (non-hydrogen) atoms. The predicted octanol–water partition coefficient (Wildman–Crippen LogP) is 1.57. The minimum absolute atomic E-state index is 0.0371. The third-order valence-electron chi connectivity index (χ3n) is 3.56. The Balaban J connectivity index is 1.65. The summed E-state index contributed by atoms with van der Waals surface area (Å²) < 4.78 is 6.93. The van der Waals surface area contributed by atoms with Crippen LogP contribution in [0.5, 0.6) is 0 Å². The van der Waals surface area contributed by atoms with Gasteiger partial charge in [-0.2, -0.15) is 0 Å². The second-order valence-corrected chi connectivity index (χ2v) is 6.06. The number of hydrogen-bond acceptors (Lipinski definition) is 6. The average Bonchev–Trinajstić information content (AvgIpc) is 3.16. The lowest BCUT2D eigenvalue weighted by Gasteiger charge is -2.22. The Kier molecular flexibility index (Phi) is 3.96. The van der Waals surface area contributed by atoms with Crippen molar-refractivity contribution in [3.8, 4) is 0 Å². The fraction of sp³-hybridized carbons (Fsp3) is 0.538. The lowest BCUT2D eigenvalue weighted by molar-refractivity contribution is -0.129. The number of carbonyl (C=O) groups is 1. The van der Waals surface area contributed by atoms with Crippen LogP contribution in [0, 0.1) is 6.92 Å².